The Kier molecular flexibility index (Phi) is 2.58. The summed E-state index contributed by atoms with van der Waals surface area (Å²) >= 11 is 0. The molecule has 1 aromatic carbocycles. The van der Waals surface area contributed by atoms with Gasteiger partial charge in [0, 0.05) is 6.04 Å². The molecule has 0 amide bonds. The van der Waals surface area contributed by atoms with Crippen molar-refractivity contribution < 1.29 is 4.39 Å². The molecule has 0 radical (unpaired) electrons. The quantitative estimate of drug-likeness (QED) is 0.478. The second-order valence-electron chi connectivity index (χ2n) is 3.91. The van der Waals surface area contributed by atoms with Crippen LogP contribution in [0, 0.1) is 11.2 Å². The van der Waals surface area contributed by atoms with Crippen molar-refractivity contribution in [2.75, 3.05) is 0 Å². The van der Waals surface area contributed by atoms with Crippen LogP contribution in [0.2, 0.25) is 0 Å². The Morgan fingerprint density at radius 3 is 3.00 bits per heavy atom. The van der Waals surface area contributed by atoms with E-state index in [4.69, 9.17) is 11.1 Å². The van der Waals surface area contributed by atoms with Gasteiger partial charge < -0.3 is 11.1 Å². The van der Waals surface area contributed by atoms with Crippen LogP contribution in [-0.4, -0.2) is 12.0 Å². The molecule has 0 aromatic heterocycles. The number of guanidine groups is 1. The summed E-state index contributed by atoms with van der Waals surface area (Å²) in [5.74, 6) is -0.169. The summed E-state index contributed by atoms with van der Waals surface area (Å²) in [5.41, 5.74) is 7.51. The molecule has 0 spiro atoms. The van der Waals surface area contributed by atoms with E-state index in [2.05, 4.69) is 5.32 Å². The first-order valence-corrected chi connectivity index (χ1v) is 5.03. The molecule has 80 valence electrons. The Balaban J connectivity index is 2.13. The van der Waals surface area contributed by atoms with Crippen LogP contribution >= 0.6 is 0 Å². The van der Waals surface area contributed by atoms with Crippen molar-refractivity contribution in [2.24, 2.45) is 5.73 Å². The number of hydrogen-bond donors (Lipinski definition) is 3. The summed E-state index contributed by atoms with van der Waals surface area (Å²) in [5, 5.41) is 10.1. The molecule has 0 bridgehead atoms. The fourth-order valence-electron chi connectivity index (χ4n) is 2.07. The minimum absolute atomic E-state index is 0.00515. The van der Waals surface area contributed by atoms with Gasteiger partial charge in [-0.15, -0.1) is 0 Å². The monoisotopic (exact) mass is 207 g/mol. The molecule has 1 unspecified atom stereocenters. The average Bonchev–Trinajstić information content (AvgIpc) is 2.17. The molecule has 1 aliphatic carbocycles. The molecule has 3 nitrogen and oxygen atoms in total. The standard InChI is InChI=1S/C11H14FN3/c12-9-3-1-8-6-10(15-11(13)14)4-2-7(8)5-9/h1,3,5,10H,2,4,6H2,(H4,13,14,15). The maximum absolute atomic E-state index is 12.9. The Morgan fingerprint density at radius 1 is 1.47 bits per heavy atom. The van der Waals surface area contributed by atoms with Crippen LogP contribution in [0.3, 0.4) is 0 Å². The third-order valence-corrected chi connectivity index (χ3v) is 2.76. The molecule has 1 aliphatic rings. The average molecular weight is 207 g/mol. The third kappa shape index (κ3) is 2.26. The van der Waals surface area contributed by atoms with Gasteiger partial charge in [0.1, 0.15) is 5.82 Å². The fourth-order valence-corrected chi connectivity index (χ4v) is 2.07. The lowest BCUT2D eigenvalue weighted by Gasteiger charge is -2.25. The minimum atomic E-state index is -0.174. The molecule has 4 N–H and O–H groups in total. The Bertz CT molecular complexity index is 389. The van der Waals surface area contributed by atoms with E-state index in [1.807, 2.05) is 6.07 Å². The predicted molar refractivity (Wildman–Crippen MR) is 57.3 cm³/mol. The Morgan fingerprint density at radius 2 is 2.27 bits per heavy atom. The SMILES string of the molecule is N=C(N)NC1CCc2cc(F)ccc2C1. The first-order chi connectivity index (χ1) is 7.15. The van der Waals surface area contributed by atoms with Gasteiger partial charge in [-0.25, -0.2) is 4.39 Å². The first kappa shape index (κ1) is 9.96. The van der Waals surface area contributed by atoms with Crippen molar-refractivity contribution in [2.45, 2.75) is 25.3 Å². The highest BCUT2D eigenvalue weighted by Crippen LogP contribution is 2.22. The normalized spacial score (nSPS) is 19.4. The van der Waals surface area contributed by atoms with Crippen LogP contribution in [0.15, 0.2) is 18.2 Å². The van der Waals surface area contributed by atoms with E-state index < -0.39 is 0 Å². The number of fused-ring (bicyclic) bond motifs is 1. The van der Waals surface area contributed by atoms with Gasteiger partial charge in [0.15, 0.2) is 5.96 Å². The van der Waals surface area contributed by atoms with Crippen molar-refractivity contribution in [3.8, 4) is 0 Å². The molecule has 0 saturated heterocycles. The summed E-state index contributed by atoms with van der Waals surface area (Å²) in [6.07, 6.45) is 2.56. The van der Waals surface area contributed by atoms with Crippen LogP contribution in [0.5, 0.6) is 0 Å². The Labute approximate surface area is 88.0 Å². The van der Waals surface area contributed by atoms with Gasteiger partial charge in [0.05, 0.1) is 0 Å². The van der Waals surface area contributed by atoms with E-state index >= 15 is 0 Å². The molecule has 0 saturated carbocycles. The second-order valence-corrected chi connectivity index (χ2v) is 3.91. The van der Waals surface area contributed by atoms with Gasteiger partial charge in [-0.05, 0) is 42.5 Å². The lowest BCUT2D eigenvalue weighted by molar-refractivity contribution is 0.521. The van der Waals surface area contributed by atoms with Crippen molar-refractivity contribution in [3.63, 3.8) is 0 Å². The summed E-state index contributed by atoms with van der Waals surface area (Å²) in [7, 11) is 0. The van der Waals surface area contributed by atoms with Crippen molar-refractivity contribution >= 4 is 5.96 Å². The van der Waals surface area contributed by atoms with Gasteiger partial charge in [-0.1, -0.05) is 6.07 Å². The molecule has 15 heavy (non-hydrogen) atoms. The largest absolute Gasteiger partial charge is 0.370 e. The summed E-state index contributed by atoms with van der Waals surface area (Å²) in [6.45, 7) is 0. The topological polar surface area (TPSA) is 61.9 Å². The van der Waals surface area contributed by atoms with E-state index in [0.717, 1.165) is 30.4 Å². The number of nitrogens with two attached hydrogens (primary N) is 1. The maximum Gasteiger partial charge on any atom is 0.185 e. The molecule has 0 heterocycles. The highest BCUT2D eigenvalue weighted by molar-refractivity contribution is 5.74. The predicted octanol–water partition coefficient (Wildman–Crippen LogP) is 1.17. The molecular weight excluding hydrogens is 193 g/mol. The van der Waals surface area contributed by atoms with Gasteiger partial charge in [-0.3, -0.25) is 5.41 Å². The van der Waals surface area contributed by atoms with E-state index in [1.165, 1.54) is 6.07 Å². The molecule has 0 fully saturated rings. The molecular formula is C11H14FN3. The number of halogens is 1. The maximum atomic E-state index is 12.9. The van der Waals surface area contributed by atoms with E-state index in [-0.39, 0.29) is 17.8 Å². The lowest BCUT2D eigenvalue weighted by Crippen LogP contribution is -2.42. The van der Waals surface area contributed by atoms with Gasteiger partial charge in [0.25, 0.3) is 0 Å². The minimum Gasteiger partial charge on any atom is -0.370 e. The van der Waals surface area contributed by atoms with Crippen LogP contribution in [0.25, 0.3) is 0 Å². The highest BCUT2D eigenvalue weighted by atomic mass is 19.1. The molecule has 4 heteroatoms. The van der Waals surface area contributed by atoms with Gasteiger partial charge in [0.2, 0.25) is 0 Å². The zero-order valence-corrected chi connectivity index (χ0v) is 8.39. The summed E-state index contributed by atoms with van der Waals surface area (Å²) in [6, 6.07) is 5.10. The smallest absolute Gasteiger partial charge is 0.185 e. The van der Waals surface area contributed by atoms with Crippen LogP contribution in [0.4, 0.5) is 4.39 Å². The van der Waals surface area contributed by atoms with Gasteiger partial charge in [-0.2, -0.15) is 0 Å². The number of aryl methyl sites for hydroxylation is 1. The third-order valence-electron chi connectivity index (χ3n) is 2.76. The summed E-state index contributed by atoms with van der Waals surface area (Å²) in [4.78, 5) is 0. The van der Waals surface area contributed by atoms with Crippen molar-refractivity contribution in [1.29, 1.82) is 5.41 Å². The number of rotatable bonds is 1. The number of nitrogens with one attached hydrogen (secondary N) is 2. The first-order valence-electron chi connectivity index (χ1n) is 5.03. The van der Waals surface area contributed by atoms with Crippen LogP contribution < -0.4 is 11.1 Å². The molecule has 0 aliphatic heterocycles. The molecule has 1 atom stereocenters. The van der Waals surface area contributed by atoms with Crippen LogP contribution in [0.1, 0.15) is 17.5 Å². The van der Waals surface area contributed by atoms with Crippen molar-refractivity contribution in [1.82, 2.24) is 5.32 Å². The highest BCUT2D eigenvalue weighted by Gasteiger charge is 2.18. The zero-order chi connectivity index (χ0) is 10.8. The molecule has 2 rings (SSSR count). The van der Waals surface area contributed by atoms with Crippen LogP contribution in [-0.2, 0) is 12.8 Å². The van der Waals surface area contributed by atoms with E-state index in [1.54, 1.807) is 6.07 Å². The molecule has 1 aromatic rings. The Hall–Kier alpha value is -1.58. The zero-order valence-electron chi connectivity index (χ0n) is 8.39. The van der Waals surface area contributed by atoms with Crippen molar-refractivity contribution in [3.05, 3.63) is 35.1 Å². The summed E-state index contributed by atoms with van der Waals surface area (Å²) < 4.78 is 12.9. The lowest BCUT2D eigenvalue weighted by atomic mass is 9.88. The van der Waals surface area contributed by atoms with Gasteiger partial charge >= 0.3 is 0 Å². The number of hydrogen-bond acceptors (Lipinski definition) is 1. The fraction of sp³-hybridized carbons (Fsp3) is 0.364. The van der Waals surface area contributed by atoms with E-state index in [9.17, 15) is 4.39 Å². The second kappa shape index (κ2) is 3.88. The van der Waals surface area contributed by atoms with E-state index in [0.29, 0.717) is 0 Å². The number of benzene rings is 1.